The van der Waals surface area contributed by atoms with Crippen LogP contribution in [0.2, 0.25) is 5.02 Å². The van der Waals surface area contributed by atoms with Gasteiger partial charge in [0.15, 0.2) is 9.84 Å². The van der Waals surface area contributed by atoms with Crippen LogP contribution in [0, 0.1) is 0 Å². The highest BCUT2D eigenvalue weighted by Crippen LogP contribution is 2.30. The number of sulfone groups is 1. The van der Waals surface area contributed by atoms with Crippen LogP contribution < -0.4 is 21.3 Å². The van der Waals surface area contributed by atoms with Gasteiger partial charge < -0.3 is 19.6 Å². The van der Waals surface area contributed by atoms with Crippen molar-refractivity contribution in [2.45, 2.75) is 38.2 Å². The van der Waals surface area contributed by atoms with E-state index in [-0.39, 0.29) is 50.2 Å². The Bertz CT molecular complexity index is 1840. The van der Waals surface area contributed by atoms with Gasteiger partial charge in [0, 0.05) is 29.9 Å². The summed E-state index contributed by atoms with van der Waals surface area (Å²) in [6, 6.07) is 7.51. The molecule has 2 aromatic carbocycles. The van der Waals surface area contributed by atoms with Gasteiger partial charge in [0.05, 0.1) is 40.3 Å². The van der Waals surface area contributed by atoms with E-state index in [0.717, 1.165) is 6.07 Å². The lowest BCUT2D eigenvalue weighted by atomic mass is 10.1. The van der Waals surface area contributed by atoms with Gasteiger partial charge in [-0.25, -0.2) is 13.2 Å². The summed E-state index contributed by atoms with van der Waals surface area (Å²) in [5.41, 5.74) is -1.49. The Morgan fingerprint density at radius 1 is 1.10 bits per heavy atom. The minimum Gasteiger partial charge on any atom is -0.405 e. The average molecular weight is 599 g/mol. The quantitative estimate of drug-likeness (QED) is 0.316. The van der Waals surface area contributed by atoms with Gasteiger partial charge in [0.1, 0.15) is 5.75 Å². The lowest BCUT2D eigenvalue weighted by molar-refractivity contribution is -0.274. The summed E-state index contributed by atoms with van der Waals surface area (Å²) >= 11 is 6.03. The van der Waals surface area contributed by atoms with Crippen molar-refractivity contribution in [3.63, 3.8) is 0 Å². The van der Waals surface area contributed by atoms with Crippen molar-refractivity contribution in [1.82, 2.24) is 14.1 Å². The van der Waals surface area contributed by atoms with Gasteiger partial charge in [-0.1, -0.05) is 18.5 Å². The van der Waals surface area contributed by atoms with E-state index in [2.05, 4.69) is 15.0 Å². The van der Waals surface area contributed by atoms with Crippen molar-refractivity contribution >= 4 is 43.9 Å². The summed E-state index contributed by atoms with van der Waals surface area (Å²) in [6.45, 7) is 2.06. The van der Waals surface area contributed by atoms with Crippen LogP contribution in [0.1, 0.15) is 25.0 Å². The van der Waals surface area contributed by atoms with Crippen LogP contribution >= 0.6 is 11.6 Å². The van der Waals surface area contributed by atoms with E-state index in [1.54, 1.807) is 0 Å². The third-order valence-electron chi connectivity index (χ3n) is 5.88. The average Bonchev–Trinajstić information content (AvgIpc) is 3.27. The van der Waals surface area contributed by atoms with Crippen molar-refractivity contribution < 1.29 is 31.1 Å². The Morgan fingerprint density at radius 3 is 2.48 bits per heavy atom. The zero-order valence-corrected chi connectivity index (χ0v) is 22.6. The maximum atomic E-state index is 13.3. The molecule has 0 aliphatic heterocycles. The largest absolute Gasteiger partial charge is 0.573 e. The van der Waals surface area contributed by atoms with Crippen LogP contribution in [0.25, 0.3) is 10.9 Å². The molecule has 0 spiro atoms. The number of hydrogen-bond donors (Lipinski definition) is 2. The first-order chi connectivity index (χ1) is 18.7. The highest BCUT2D eigenvalue weighted by molar-refractivity contribution is 7.91. The van der Waals surface area contributed by atoms with E-state index in [0.29, 0.717) is 10.3 Å². The van der Waals surface area contributed by atoms with Gasteiger partial charge in [0.25, 0.3) is 5.56 Å². The molecular formula is C25H22ClF3N4O6S. The lowest BCUT2D eigenvalue weighted by Crippen LogP contribution is -2.36. The molecule has 40 heavy (non-hydrogen) atoms. The first kappa shape index (κ1) is 29.0. The maximum Gasteiger partial charge on any atom is 0.573 e. The lowest BCUT2D eigenvalue weighted by Gasteiger charge is -2.16. The Hall–Kier alpha value is -4.04. The highest BCUT2D eigenvalue weighted by Gasteiger charge is 2.32. The minimum atomic E-state index is -5.09. The zero-order valence-electron chi connectivity index (χ0n) is 21.0. The number of amides is 1. The standard InChI is InChI=1S/C25H22ClF3N4O6S/c1-3-40(37,38)22-5-4-17(26)8-16(22)12-33-23(35)19-10-21(39-25(27,28)29)15(9-20(19)31-24(33)36)11-32-7-6-18(13-32)30-14(2)34/h4-10,13H,3,11-12H2,1-2H3,(H,30,34)(H,31,36). The van der Waals surface area contributed by atoms with E-state index in [4.69, 9.17) is 11.6 Å². The van der Waals surface area contributed by atoms with Gasteiger partial charge in [-0.15, -0.1) is 13.2 Å². The molecule has 212 valence electrons. The predicted molar refractivity (Wildman–Crippen MR) is 142 cm³/mol. The molecule has 10 nitrogen and oxygen atoms in total. The molecule has 0 aliphatic rings. The third-order valence-corrected chi connectivity index (χ3v) is 7.94. The Kier molecular flexibility index (Phi) is 7.85. The van der Waals surface area contributed by atoms with E-state index < -0.39 is 39.7 Å². The molecule has 0 bridgehead atoms. The Morgan fingerprint density at radius 2 is 1.82 bits per heavy atom. The number of anilines is 1. The maximum absolute atomic E-state index is 13.3. The molecule has 0 aliphatic carbocycles. The summed E-state index contributed by atoms with van der Waals surface area (Å²) < 4.78 is 71.3. The molecule has 0 saturated carbocycles. The zero-order chi connectivity index (χ0) is 29.4. The van der Waals surface area contributed by atoms with Gasteiger partial charge in [-0.2, -0.15) is 0 Å². The summed E-state index contributed by atoms with van der Waals surface area (Å²) in [5.74, 6) is -1.27. The number of ether oxygens (including phenoxy) is 1. The van der Waals surface area contributed by atoms with Crippen LogP contribution in [0.4, 0.5) is 18.9 Å². The van der Waals surface area contributed by atoms with Gasteiger partial charge >= 0.3 is 12.1 Å². The summed E-state index contributed by atoms with van der Waals surface area (Å²) in [4.78, 5) is 39.9. The third kappa shape index (κ3) is 6.39. The summed E-state index contributed by atoms with van der Waals surface area (Å²) in [6.07, 6.45) is -2.09. The van der Waals surface area contributed by atoms with Gasteiger partial charge in [0.2, 0.25) is 5.91 Å². The molecule has 4 rings (SSSR count). The highest BCUT2D eigenvalue weighted by atomic mass is 35.5. The van der Waals surface area contributed by atoms with E-state index in [1.165, 1.54) is 61.1 Å². The van der Waals surface area contributed by atoms with E-state index in [9.17, 15) is 36.0 Å². The molecule has 2 heterocycles. The number of carbonyl (C=O) groups excluding carboxylic acids is 1. The van der Waals surface area contributed by atoms with Crippen molar-refractivity contribution in [3.05, 3.63) is 85.8 Å². The fourth-order valence-electron chi connectivity index (χ4n) is 4.13. The normalized spacial score (nSPS) is 12.1. The number of benzene rings is 2. The first-order valence-electron chi connectivity index (χ1n) is 11.7. The van der Waals surface area contributed by atoms with Crippen LogP contribution in [0.15, 0.2) is 63.3 Å². The van der Waals surface area contributed by atoms with Crippen LogP contribution in [-0.4, -0.2) is 40.6 Å². The molecule has 0 unspecified atom stereocenters. The van der Waals surface area contributed by atoms with Crippen LogP contribution in [0.5, 0.6) is 5.75 Å². The molecule has 2 N–H and O–H groups in total. The van der Waals surface area contributed by atoms with E-state index in [1.807, 2.05) is 0 Å². The molecule has 1 amide bonds. The number of H-pyrrole nitrogens is 1. The smallest absolute Gasteiger partial charge is 0.405 e. The molecule has 4 aromatic rings. The van der Waals surface area contributed by atoms with Gasteiger partial charge in [-0.3, -0.25) is 14.2 Å². The minimum absolute atomic E-state index is 0.0197. The number of aromatic amines is 1. The number of rotatable bonds is 8. The van der Waals surface area contributed by atoms with Crippen LogP contribution in [0.3, 0.4) is 0 Å². The fraction of sp³-hybridized carbons (Fsp3) is 0.240. The number of alkyl halides is 3. The number of carbonyl (C=O) groups is 1. The van der Waals surface area contributed by atoms with Crippen molar-refractivity contribution in [2.24, 2.45) is 0 Å². The van der Waals surface area contributed by atoms with Crippen molar-refractivity contribution in [3.8, 4) is 5.75 Å². The van der Waals surface area contributed by atoms with E-state index >= 15 is 0 Å². The Balaban J connectivity index is 1.84. The summed E-state index contributed by atoms with van der Waals surface area (Å²) in [5, 5.41) is 2.41. The molecule has 0 fully saturated rings. The Labute approximate surface area is 229 Å². The second-order valence-electron chi connectivity index (χ2n) is 8.78. The molecule has 15 heteroatoms. The fourth-order valence-corrected chi connectivity index (χ4v) is 5.43. The predicted octanol–water partition coefficient (Wildman–Crippen LogP) is 3.89. The van der Waals surface area contributed by atoms with Gasteiger partial charge in [-0.05, 0) is 42.0 Å². The molecule has 0 radical (unpaired) electrons. The second kappa shape index (κ2) is 10.8. The number of hydrogen-bond acceptors (Lipinski definition) is 6. The van der Waals surface area contributed by atoms with Crippen molar-refractivity contribution in [1.29, 1.82) is 0 Å². The number of nitrogens with zero attached hydrogens (tertiary/aromatic N) is 2. The molecule has 0 atom stereocenters. The monoisotopic (exact) mass is 598 g/mol. The van der Waals surface area contributed by atoms with Crippen LogP contribution in [-0.2, 0) is 27.7 Å². The topological polar surface area (TPSA) is 132 Å². The number of nitrogens with one attached hydrogen (secondary N) is 2. The summed E-state index contributed by atoms with van der Waals surface area (Å²) in [7, 11) is -3.76. The van der Waals surface area contributed by atoms with Crippen molar-refractivity contribution in [2.75, 3.05) is 11.1 Å². The molecule has 2 aromatic heterocycles. The first-order valence-corrected chi connectivity index (χ1v) is 13.7. The molecular weight excluding hydrogens is 577 g/mol. The SMILES string of the molecule is CCS(=O)(=O)c1ccc(Cl)cc1Cn1c(=O)[nH]c2cc(Cn3ccc(NC(C)=O)c3)c(OC(F)(F)F)cc2c1=O. The molecule has 0 saturated heterocycles. The number of aromatic nitrogens is 3. The number of fused-ring (bicyclic) bond motifs is 1. The second-order valence-corrected chi connectivity index (χ2v) is 11.5. The number of halogens is 4.